The SMILES string of the molecule is [CH2]C(C)(Br)C(Br)CC. The third kappa shape index (κ3) is 3.08. The molecule has 0 aliphatic heterocycles. The molecule has 0 aromatic heterocycles. The van der Waals surface area contributed by atoms with Crippen molar-refractivity contribution in [3.8, 4) is 0 Å². The zero-order chi connectivity index (χ0) is 6.78. The topological polar surface area (TPSA) is 0 Å². The second-order valence-corrected chi connectivity index (χ2v) is 5.07. The van der Waals surface area contributed by atoms with Gasteiger partial charge in [0, 0.05) is 9.15 Å². The predicted molar refractivity (Wildman–Crippen MR) is 45.7 cm³/mol. The fraction of sp³-hybridized carbons (Fsp3) is 0.833. The van der Waals surface area contributed by atoms with Crippen LogP contribution in [0.15, 0.2) is 0 Å². The van der Waals surface area contributed by atoms with Gasteiger partial charge in [0.2, 0.25) is 0 Å². The lowest BCUT2D eigenvalue weighted by Gasteiger charge is -2.21. The number of halogens is 2. The third-order valence-electron chi connectivity index (χ3n) is 1.01. The Balaban J connectivity index is 3.62. The number of hydrogen-bond acceptors (Lipinski definition) is 0. The molecular weight excluding hydrogens is 232 g/mol. The van der Waals surface area contributed by atoms with Crippen LogP contribution in [-0.4, -0.2) is 9.15 Å². The molecule has 0 spiro atoms. The van der Waals surface area contributed by atoms with Crippen LogP contribution in [0.2, 0.25) is 0 Å². The lowest BCUT2D eigenvalue weighted by Crippen LogP contribution is -2.23. The Hall–Kier alpha value is 0.960. The standard InChI is InChI=1S/C6H11Br2/c1-4-5(7)6(2,3)8/h5H,2,4H2,1,3H3. The largest absolute Gasteiger partial charge is 0.0876 e. The summed E-state index contributed by atoms with van der Waals surface area (Å²) in [6.45, 7) is 8.09. The van der Waals surface area contributed by atoms with Crippen LogP contribution < -0.4 is 0 Å². The first-order chi connectivity index (χ1) is 3.48. The van der Waals surface area contributed by atoms with Crippen molar-refractivity contribution in [1.82, 2.24) is 0 Å². The van der Waals surface area contributed by atoms with Gasteiger partial charge in [0.25, 0.3) is 0 Å². The van der Waals surface area contributed by atoms with E-state index < -0.39 is 0 Å². The second kappa shape index (κ2) is 3.21. The molecule has 0 rings (SSSR count). The average molecular weight is 243 g/mol. The first kappa shape index (κ1) is 8.96. The van der Waals surface area contributed by atoms with Crippen LogP contribution in [0.5, 0.6) is 0 Å². The molecule has 0 aromatic rings. The molecule has 0 aliphatic carbocycles. The third-order valence-corrected chi connectivity index (χ3v) is 3.84. The maximum absolute atomic E-state index is 3.91. The molecule has 2 heteroatoms. The summed E-state index contributed by atoms with van der Waals surface area (Å²) in [7, 11) is 0. The molecular formula is C6H11Br2. The Morgan fingerprint density at radius 3 is 2.12 bits per heavy atom. The molecule has 0 saturated heterocycles. The van der Waals surface area contributed by atoms with E-state index in [0.717, 1.165) is 6.42 Å². The van der Waals surface area contributed by atoms with E-state index in [2.05, 4.69) is 52.6 Å². The summed E-state index contributed by atoms with van der Waals surface area (Å²) in [5.74, 6) is 0. The minimum atomic E-state index is -0.0122. The van der Waals surface area contributed by atoms with Gasteiger partial charge in [-0.3, -0.25) is 0 Å². The van der Waals surface area contributed by atoms with Crippen molar-refractivity contribution in [3.63, 3.8) is 0 Å². The molecule has 2 atom stereocenters. The van der Waals surface area contributed by atoms with Gasteiger partial charge >= 0.3 is 0 Å². The Kier molecular flexibility index (Phi) is 3.60. The molecule has 49 valence electrons. The van der Waals surface area contributed by atoms with Crippen LogP contribution >= 0.6 is 31.9 Å². The van der Waals surface area contributed by atoms with Gasteiger partial charge in [0.05, 0.1) is 0 Å². The highest BCUT2D eigenvalue weighted by Crippen LogP contribution is 2.28. The summed E-state index contributed by atoms with van der Waals surface area (Å²) in [4.78, 5) is 0.468. The Bertz CT molecular complexity index is 63.4. The molecule has 0 saturated carbocycles. The van der Waals surface area contributed by atoms with E-state index >= 15 is 0 Å². The molecule has 0 nitrogen and oxygen atoms in total. The molecule has 0 aromatic carbocycles. The fourth-order valence-electron chi connectivity index (χ4n) is 0.426. The molecule has 0 aliphatic rings. The molecule has 1 radical (unpaired) electrons. The summed E-state index contributed by atoms with van der Waals surface area (Å²) >= 11 is 6.93. The minimum Gasteiger partial charge on any atom is -0.0876 e. The summed E-state index contributed by atoms with van der Waals surface area (Å²) in [5.41, 5.74) is 0. The highest BCUT2D eigenvalue weighted by atomic mass is 79.9. The fourth-order valence-corrected chi connectivity index (χ4v) is 0.749. The predicted octanol–water partition coefficient (Wildman–Crippen LogP) is 3.15. The van der Waals surface area contributed by atoms with Gasteiger partial charge in [0.15, 0.2) is 0 Å². The summed E-state index contributed by atoms with van der Waals surface area (Å²) in [6, 6.07) is 0. The van der Waals surface area contributed by atoms with Crippen LogP contribution in [-0.2, 0) is 0 Å². The number of hydrogen-bond donors (Lipinski definition) is 0. The lowest BCUT2D eigenvalue weighted by atomic mass is 10.1. The smallest absolute Gasteiger partial charge is 0.0355 e. The van der Waals surface area contributed by atoms with Gasteiger partial charge in [-0.05, 0) is 20.3 Å². The molecule has 8 heavy (non-hydrogen) atoms. The average Bonchev–Trinajstić information content (AvgIpc) is 1.62. The quantitative estimate of drug-likeness (QED) is 0.653. The Morgan fingerprint density at radius 1 is 1.75 bits per heavy atom. The first-order valence-electron chi connectivity index (χ1n) is 2.66. The van der Waals surface area contributed by atoms with E-state index in [9.17, 15) is 0 Å². The highest BCUT2D eigenvalue weighted by molar-refractivity contribution is 9.12. The van der Waals surface area contributed by atoms with Crippen LogP contribution in [0.1, 0.15) is 20.3 Å². The summed E-state index contributed by atoms with van der Waals surface area (Å²) in [6.07, 6.45) is 1.10. The van der Waals surface area contributed by atoms with E-state index in [-0.39, 0.29) is 4.32 Å². The van der Waals surface area contributed by atoms with Gasteiger partial charge in [0.1, 0.15) is 0 Å². The molecule has 2 unspecified atom stereocenters. The van der Waals surface area contributed by atoms with Crippen LogP contribution in [0, 0.1) is 6.92 Å². The monoisotopic (exact) mass is 241 g/mol. The van der Waals surface area contributed by atoms with E-state index in [0.29, 0.717) is 4.83 Å². The van der Waals surface area contributed by atoms with Crippen molar-refractivity contribution in [2.24, 2.45) is 0 Å². The zero-order valence-electron chi connectivity index (χ0n) is 5.25. The minimum absolute atomic E-state index is 0.0122. The van der Waals surface area contributed by atoms with Crippen molar-refractivity contribution in [2.75, 3.05) is 0 Å². The first-order valence-corrected chi connectivity index (χ1v) is 4.37. The Labute approximate surface area is 68.3 Å². The van der Waals surface area contributed by atoms with Crippen molar-refractivity contribution in [3.05, 3.63) is 6.92 Å². The van der Waals surface area contributed by atoms with E-state index in [4.69, 9.17) is 0 Å². The van der Waals surface area contributed by atoms with Gasteiger partial charge in [-0.2, -0.15) is 0 Å². The van der Waals surface area contributed by atoms with Crippen LogP contribution in [0.4, 0.5) is 0 Å². The summed E-state index contributed by atoms with van der Waals surface area (Å²) < 4.78 is -0.0122. The lowest BCUT2D eigenvalue weighted by molar-refractivity contribution is 0.721. The maximum atomic E-state index is 3.91. The summed E-state index contributed by atoms with van der Waals surface area (Å²) in [5, 5.41) is 0. The maximum Gasteiger partial charge on any atom is 0.0355 e. The van der Waals surface area contributed by atoms with E-state index in [1.165, 1.54) is 0 Å². The van der Waals surface area contributed by atoms with Crippen molar-refractivity contribution in [1.29, 1.82) is 0 Å². The Morgan fingerprint density at radius 2 is 2.12 bits per heavy atom. The zero-order valence-corrected chi connectivity index (χ0v) is 8.42. The molecule has 0 amide bonds. The van der Waals surface area contributed by atoms with Crippen LogP contribution in [0.3, 0.4) is 0 Å². The molecule has 0 heterocycles. The van der Waals surface area contributed by atoms with Crippen molar-refractivity contribution >= 4 is 31.9 Å². The van der Waals surface area contributed by atoms with E-state index in [1.54, 1.807) is 0 Å². The molecule has 0 bridgehead atoms. The normalized spacial score (nSPS) is 16.1. The molecule has 0 fully saturated rings. The van der Waals surface area contributed by atoms with Crippen molar-refractivity contribution in [2.45, 2.75) is 29.4 Å². The van der Waals surface area contributed by atoms with Crippen LogP contribution in [0.25, 0.3) is 0 Å². The van der Waals surface area contributed by atoms with Gasteiger partial charge in [-0.15, -0.1) is 0 Å². The van der Waals surface area contributed by atoms with Gasteiger partial charge < -0.3 is 0 Å². The second-order valence-electron chi connectivity index (χ2n) is 2.15. The highest BCUT2D eigenvalue weighted by Gasteiger charge is 2.21. The van der Waals surface area contributed by atoms with E-state index in [1.807, 2.05) is 0 Å². The van der Waals surface area contributed by atoms with Gasteiger partial charge in [-0.1, -0.05) is 38.8 Å². The molecule has 0 N–H and O–H groups in total. The number of alkyl halides is 2. The van der Waals surface area contributed by atoms with Gasteiger partial charge in [-0.25, -0.2) is 0 Å². The van der Waals surface area contributed by atoms with Crippen molar-refractivity contribution < 1.29 is 0 Å². The number of rotatable bonds is 2.